The van der Waals surface area contributed by atoms with Gasteiger partial charge < -0.3 is 10.1 Å². The number of benzene rings is 2. The molecule has 2 aromatic carbocycles. The zero-order valence-corrected chi connectivity index (χ0v) is 23.8. The normalized spacial score (nSPS) is 11.7. The van der Waals surface area contributed by atoms with E-state index in [2.05, 4.69) is 28.2 Å². The maximum absolute atomic E-state index is 13.7. The minimum atomic E-state index is -4.64. The van der Waals surface area contributed by atoms with Gasteiger partial charge in [0.1, 0.15) is 10.6 Å². The molecule has 4 aromatic rings. The van der Waals surface area contributed by atoms with Crippen LogP contribution in [0, 0.1) is 6.92 Å². The van der Waals surface area contributed by atoms with Crippen LogP contribution in [0.25, 0.3) is 15.9 Å². The second-order valence-electron chi connectivity index (χ2n) is 8.34. The quantitative estimate of drug-likeness (QED) is 0.165. The van der Waals surface area contributed by atoms with Gasteiger partial charge in [0.15, 0.2) is 5.16 Å². The number of amides is 1. The average Bonchev–Trinajstić information content (AvgIpc) is 3.18. The number of alkyl halides is 3. The van der Waals surface area contributed by atoms with E-state index in [4.69, 9.17) is 9.72 Å². The van der Waals surface area contributed by atoms with Crippen molar-refractivity contribution in [3.8, 4) is 11.4 Å². The van der Waals surface area contributed by atoms with Gasteiger partial charge in [-0.2, -0.15) is 13.2 Å². The second kappa shape index (κ2) is 11.5. The first-order valence-electron chi connectivity index (χ1n) is 11.5. The maximum Gasteiger partial charge on any atom is 0.418 e. The number of anilines is 1. The summed E-state index contributed by atoms with van der Waals surface area (Å²) in [6.07, 6.45) is -2.92. The minimum absolute atomic E-state index is 0.242. The van der Waals surface area contributed by atoms with Gasteiger partial charge in [-0.05, 0) is 61.4 Å². The van der Waals surface area contributed by atoms with Crippen molar-refractivity contribution in [2.24, 2.45) is 0 Å². The summed E-state index contributed by atoms with van der Waals surface area (Å²) in [5.41, 5.74) is -0.164. The number of thioether (sulfide) groups is 1. The lowest BCUT2D eigenvalue weighted by atomic mass is 10.1. The van der Waals surface area contributed by atoms with E-state index in [0.717, 1.165) is 41.1 Å². The zero-order chi connectivity index (χ0) is 27.6. The number of rotatable bonds is 8. The van der Waals surface area contributed by atoms with Crippen LogP contribution in [0.1, 0.15) is 29.3 Å². The van der Waals surface area contributed by atoms with Crippen LogP contribution in [0.4, 0.5) is 18.9 Å². The van der Waals surface area contributed by atoms with Crippen molar-refractivity contribution in [3.05, 3.63) is 73.3 Å². The Morgan fingerprint density at radius 2 is 1.92 bits per heavy atom. The lowest BCUT2D eigenvalue weighted by molar-refractivity contribution is -0.137. The summed E-state index contributed by atoms with van der Waals surface area (Å²) in [5.74, 6) is -0.308. The maximum atomic E-state index is 13.7. The molecule has 38 heavy (non-hydrogen) atoms. The number of hydrogen-bond donors (Lipinski definition) is 1. The van der Waals surface area contributed by atoms with Gasteiger partial charge in [0, 0.05) is 9.35 Å². The van der Waals surface area contributed by atoms with Crippen LogP contribution in [-0.4, -0.2) is 28.3 Å². The van der Waals surface area contributed by atoms with E-state index in [0.29, 0.717) is 21.7 Å². The number of carbonyl (C=O) groups is 1. The Morgan fingerprint density at radius 1 is 1.21 bits per heavy atom. The molecule has 0 unspecified atom stereocenters. The van der Waals surface area contributed by atoms with Gasteiger partial charge in [0.2, 0.25) is 5.91 Å². The summed E-state index contributed by atoms with van der Waals surface area (Å²) < 4.78 is 47.3. The van der Waals surface area contributed by atoms with E-state index in [-0.39, 0.29) is 26.6 Å². The van der Waals surface area contributed by atoms with Crippen LogP contribution < -0.4 is 15.6 Å². The summed E-state index contributed by atoms with van der Waals surface area (Å²) in [6.45, 7) is 3.96. The molecule has 0 fully saturated rings. The first-order valence-corrected chi connectivity index (χ1v) is 14.1. The van der Waals surface area contributed by atoms with E-state index in [9.17, 15) is 22.8 Å². The summed E-state index contributed by atoms with van der Waals surface area (Å²) in [7, 11) is 1.54. The third kappa shape index (κ3) is 5.92. The number of hydrogen-bond acceptors (Lipinski definition) is 6. The highest BCUT2D eigenvalue weighted by Gasteiger charge is 2.34. The first kappa shape index (κ1) is 28.2. The number of aryl methyl sites for hydroxylation is 2. The van der Waals surface area contributed by atoms with Gasteiger partial charge in [-0.3, -0.25) is 14.2 Å². The number of carbonyl (C=O) groups excluding carboxylic acids is 1. The fraction of sp³-hybridized carbons (Fsp3) is 0.269. The van der Waals surface area contributed by atoms with Crippen molar-refractivity contribution < 1.29 is 22.7 Å². The van der Waals surface area contributed by atoms with Crippen LogP contribution in [0.15, 0.2) is 56.9 Å². The number of ether oxygens (including phenoxy) is 1. The van der Waals surface area contributed by atoms with Crippen molar-refractivity contribution in [2.75, 3.05) is 18.2 Å². The molecular formula is C26H23BrF3N3O3S2. The van der Waals surface area contributed by atoms with Crippen LogP contribution >= 0.6 is 39.0 Å². The Kier molecular flexibility index (Phi) is 8.53. The molecule has 0 aliphatic carbocycles. The van der Waals surface area contributed by atoms with E-state index < -0.39 is 17.6 Å². The fourth-order valence-corrected chi connectivity index (χ4v) is 6.40. The Balaban J connectivity index is 1.71. The highest BCUT2D eigenvalue weighted by Crippen LogP contribution is 2.37. The molecule has 0 saturated carbocycles. The molecule has 12 heteroatoms. The van der Waals surface area contributed by atoms with Crippen molar-refractivity contribution in [2.45, 2.75) is 38.0 Å². The van der Waals surface area contributed by atoms with Gasteiger partial charge in [-0.25, -0.2) is 4.98 Å². The molecular weight excluding hydrogens is 603 g/mol. The number of halogens is 4. The van der Waals surface area contributed by atoms with Crippen molar-refractivity contribution in [3.63, 3.8) is 0 Å². The van der Waals surface area contributed by atoms with E-state index in [1.165, 1.54) is 35.1 Å². The monoisotopic (exact) mass is 625 g/mol. The standard InChI is InChI=1S/C26H23BrF3N3O3S2/c1-4-5-20-14(2)22-23(38-20)32-25(33(24(22)35)16-7-9-17(36-3)10-8-16)37-13-21(34)31-19-11-6-15(27)12-18(19)26(28,29)30/h6-12H,4-5,13H2,1-3H3,(H,31,34). The molecule has 4 rings (SSSR count). The number of methoxy groups -OCH3 is 1. The summed E-state index contributed by atoms with van der Waals surface area (Å²) in [4.78, 5) is 32.8. The highest BCUT2D eigenvalue weighted by molar-refractivity contribution is 9.10. The summed E-state index contributed by atoms with van der Waals surface area (Å²) >= 11 is 5.45. The summed E-state index contributed by atoms with van der Waals surface area (Å²) in [6, 6.07) is 10.4. The van der Waals surface area contributed by atoms with E-state index >= 15 is 0 Å². The lowest BCUT2D eigenvalue weighted by Crippen LogP contribution is -2.23. The Labute approximate surface area is 233 Å². The summed E-state index contributed by atoms with van der Waals surface area (Å²) in [5, 5.41) is 3.12. The molecule has 6 nitrogen and oxygen atoms in total. The third-order valence-electron chi connectivity index (χ3n) is 5.73. The molecule has 2 aromatic heterocycles. The molecule has 0 bridgehead atoms. The average molecular weight is 627 g/mol. The zero-order valence-electron chi connectivity index (χ0n) is 20.6. The Hall–Kier alpha value is -2.83. The van der Waals surface area contributed by atoms with Crippen molar-refractivity contribution in [1.29, 1.82) is 0 Å². The minimum Gasteiger partial charge on any atom is -0.497 e. The molecule has 1 amide bonds. The second-order valence-corrected chi connectivity index (χ2v) is 11.3. The molecule has 2 heterocycles. The largest absolute Gasteiger partial charge is 0.497 e. The number of aromatic nitrogens is 2. The number of fused-ring (bicyclic) bond motifs is 1. The molecule has 0 radical (unpaired) electrons. The number of nitrogens with one attached hydrogen (secondary N) is 1. The van der Waals surface area contributed by atoms with Gasteiger partial charge in [0.25, 0.3) is 5.56 Å². The topological polar surface area (TPSA) is 73.2 Å². The molecule has 0 atom stereocenters. The van der Waals surface area contributed by atoms with Crippen LogP contribution in [-0.2, 0) is 17.4 Å². The molecule has 0 aliphatic rings. The molecule has 0 aliphatic heterocycles. The van der Waals surface area contributed by atoms with Gasteiger partial charge in [-0.1, -0.05) is 41.0 Å². The number of nitrogens with zero attached hydrogens (tertiary/aromatic N) is 2. The third-order valence-corrected chi connectivity index (χ3v) is 8.41. The SMILES string of the molecule is CCCc1sc2nc(SCC(=O)Nc3ccc(Br)cc3C(F)(F)F)n(-c3ccc(OC)cc3)c(=O)c2c1C. The highest BCUT2D eigenvalue weighted by atomic mass is 79.9. The predicted molar refractivity (Wildman–Crippen MR) is 149 cm³/mol. The van der Waals surface area contributed by atoms with Gasteiger partial charge in [0.05, 0.1) is 35.2 Å². The van der Waals surface area contributed by atoms with Crippen LogP contribution in [0.2, 0.25) is 0 Å². The van der Waals surface area contributed by atoms with Gasteiger partial charge >= 0.3 is 6.18 Å². The predicted octanol–water partition coefficient (Wildman–Crippen LogP) is 7.23. The Morgan fingerprint density at radius 3 is 2.55 bits per heavy atom. The lowest BCUT2D eigenvalue weighted by Gasteiger charge is -2.15. The number of thiophene rings is 1. The smallest absolute Gasteiger partial charge is 0.418 e. The molecule has 1 N–H and O–H groups in total. The van der Waals surface area contributed by atoms with E-state index in [1.54, 1.807) is 24.3 Å². The Bertz CT molecular complexity index is 1550. The first-order chi connectivity index (χ1) is 18.0. The fourth-order valence-electron chi connectivity index (χ4n) is 3.91. The van der Waals surface area contributed by atoms with Crippen LogP contribution in [0.3, 0.4) is 0 Å². The van der Waals surface area contributed by atoms with Gasteiger partial charge in [-0.15, -0.1) is 11.3 Å². The van der Waals surface area contributed by atoms with E-state index in [1.807, 2.05) is 6.92 Å². The molecule has 0 spiro atoms. The van der Waals surface area contributed by atoms with Crippen LogP contribution in [0.5, 0.6) is 5.75 Å². The molecule has 200 valence electrons. The van der Waals surface area contributed by atoms with Crippen molar-refractivity contribution in [1.82, 2.24) is 9.55 Å². The molecule has 0 saturated heterocycles. The van der Waals surface area contributed by atoms with Crippen molar-refractivity contribution >= 4 is 60.8 Å².